The van der Waals surface area contributed by atoms with Crippen molar-refractivity contribution in [1.82, 2.24) is 0 Å². The van der Waals surface area contributed by atoms with Crippen LogP contribution < -0.4 is 5.73 Å². The van der Waals surface area contributed by atoms with Crippen molar-refractivity contribution in [3.63, 3.8) is 0 Å². The number of hydrogen-bond donors (Lipinski definition) is 1. The van der Waals surface area contributed by atoms with E-state index in [4.69, 9.17) is 10.5 Å². The summed E-state index contributed by atoms with van der Waals surface area (Å²) in [5.41, 5.74) is 5.78. The van der Waals surface area contributed by atoms with Crippen molar-refractivity contribution in [3.8, 4) is 0 Å². The fraction of sp³-hybridized carbons (Fsp3) is 0.900. The standard InChI is InChI=1S/C10H19NO2S/c1-8-10(7-11,4-3-5-14-8)6-9(12)13-2/h8H,3-7,11H2,1-2H3. The summed E-state index contributed by atoms with van der Waals surface area (Å²) in [6, 6.07) is 0. The van der Waals surface area contributed by atoms with Gasteiger partial charge in [0.2, 0.25) is 0 Å². The molecule has 0 bridgehead atoms. The lowest BCUT2D eigenvalue weighted by Gasteiger charge is -2.40. The fourth-order valence-corrected chi connectivity index (χ4v) is 3.31. The van der Waals surface area contributed by atoms with Gasteiger partial charge in [0.15, 0.2) is 0 Å². The van der Waals surface area contributed by atoms with E-state index in [9.17, 15) is 4.79 Å². The number of methoxy groups -OCH3 is 1. The minimum absolute atomic E-state index is 0.0317. The molecule has 2 atom stereocenters. The summed E-state index contributed by atoms with van der Waals surface area (Å²) < 4.78 is 4.72. The second-order valence-electron chi connectivity index (χ2n) is 3.94. The van der Waals surface area contributed by atoms with Crippen LogP contribution in [-0.4, -0.2) is 30.6 Å². The van der Waals surface area contributed by atoms with Gasteiger partial charge in [-0.1, -0.05) is 6.92 Å². The van der Waals surface area contributed by atoms with Crippen LogP contribution in [0.4, 0.5) is 0 Å². The van der Waals surface area contributed by atoms with Crippen molar-refractivity contribution in [1.29, 1.82) is 0 Å². The summed E-state index contributed by atoms with van der Waals surface area (Å²) in [4.78, 5) is 11.3. The molecule has 0 aromatic carbocycles. The average molecular weight is 217 g/mol. The molecular weight excluding hydrogens is 198 g/mol. The van der Waals surface area contributed by atoms with Gasteiger partial charge in [0.05, 0.1) is 13.5 Å². The maximum atomic E-state index is 11.3. The quantitative estimate of drug-likeness (QED) is 0.726. The third-order valence-corrected chi connectivity index (χ3v) is 4.70. The Balaban J connectivity index is 2.67. The molecule has 2 N–H and O–H groups in total. The Labute approximate surface area is 89.8 Å². The number of carbonyl (C=O) groups excluding carboxylic acids is 1. The van der Waals surface area contributed by atoms with E-state index in [1.807, 2.05) is 11.8 Å². The van der Waals surface area contributed by atoms with Crippen molar-refractivity contribution >= 4 is 17.7 Å². The van der Waals surface area contributed by atoms with Gasteiger partial charge < -0.3 is 10.5 Å². The zero-order valence-corrected chi connectivity index (χ0v) is 9.73. The molecule has 0 aromatic heterocycles. The number of rotatable bonds is 3. The zero-order valence-electron chi connectivity index (χ0n) is 8.91. The molecule has 1 heterocycles. The van der Waals surface area contributed by atoms with Crippen molar-refractivity contribution in [2.24, 2.45) is 11.1 Å². The van der Waals surface area contributed by atoms with Gasteiger partial charge in [-0.3, -0.25) is 4.79 Å². The first-order chi connectivity index (χ1) is 6.64. The summed E-state index contributed by atoms with van der Waals surface area (Å²) in [7, 11) is 1.44. The van der Waals surface area contributed by atoms with Gasteiger partial charge in [-0.15, -0.1) is 0 Å². The van der Waals surface area contributed by atoms with Gasteiger partial charge in [0, 0.05) is 10.7 Å². The van der Waals surface area contributed by atoms with Gasteiger partial charge in [-0.05, 0) is 25.1 Å². The Morgan fingerprint density at radius 2 is 2.43 bits per heavy atom. The SMILES string of the molecule is COC(=O)CC1(CN)CCCSC1C. The van der Waals surface area contributed by atoms with Gasteiger partial charge in [-0.25, -0.2) is 0 Å². The highest BCUT2D eigenvalue weighted by molar-refractivity contribution is 7.99. The van der Waals surface area contributed by atoms with E-state index in [0.29, 0.717) is 18.2 Å². The van der Waals surface area contributed by atoms with Crippen molar-refractivity contribution < 1.29 is 9.53 Å². The first-order valence-corrected chi connectivity index (χ1v) is 6.08. The monoisotopic (exact) mass is 217 g/mol. The molecular formula is C10H19NO2S. The van der Waals surface area contributed by atoms with E-state index in [1.165, 1.54) is 12.9 Å². The van der Waals surface area contributed by atoms with Crippen LogP contribution in [0, 0.1) is 5.41 Å². The summed E-state index contributed by atoms with van der Waals surface area (Å²) in [5.74, 6) is 1.05. The molecule has 1 saturated heterocycles. The lowest BCUT2D eigenvalue weighted by atomic mass is 9.77. The van der Waals surface area contributed by atoms with Crippen LogP contribution in [0.15, 0.2) is 0 Å². The normalized spacial score (nSPS) is 32.6. The Kier molecular flexibility index (Phi) is 4.26. The maximum Gasteiger partial charge on any atom is 0.306 e. The minimum atomic E-state index is -0.134. The third kappa shape index (κ3) is 2.42. The molecule has 1 fully saturated rings. The Morgan fingerprint density at radius 3 is 2.93 bits per heavy atom. The second-order valence-corrected chi connectivity index (χ2v) is 5.38. The van der Waals surface area contributed by atoms with Crippen LogP contribution in [0.25, 0.3) is 0 Å². The number of nitrogens with two attached hydrogens (primary N) is 1. The number of hydrogen-bond acceptors (Lipinski definition) is 4. The van der Waals surface area contributed by atoms with E-state index in [1.54, 1.807) is 0 Å². The second kappa shape index (κ2) is 5.03. The van der Waals surface area contributed by atoms with Gasteiger partial charge >= 0.3 is 5.97 Å². The highest BCUT2D eigenvalue weighted by atomic mass is 32.2. The largest absolute Gasteiger partial charge is 0.469 e. The molecule has 0 saturated carbocycles. The maximum absolute atomic E-state index is 11.3. The van der Waals surface area contributed by atoms with Crippen molar-refractivity contribution in [2.45, 2.75) is 31.4 Å². The highest BCUT2D eigenvalue weighted by Gasteiger charge is 2.39. The van der Waals surface area contributed by atoms with Crippen LogP contribution >= 0.6 is 11.8 Å². The molecule has 14 heavy (non-hydrogen) atoms. The molecule has 0 amide bonds. The molecule has 0 radical (unpaired) electrons. The molecule has 0 aromatic rings. The van der Waals surface area contributed by atoms with Crippen LogP contribution in [-0.2, 0) is 9.53 Å². The number of carbonyl (C=O) groups is 1. The van der Waals surface area contributed by atoms with E-state index in [-0.39, 0.29) is 11.4 Å². The Morgan fingerprint density at radius 1 is 1.71 bits per heavy atom. The van der Waals surface area contributed by atoms with Gasteiger partial charge in [-0.2, -0.15) is 11.8 Å². The van der Waals surface area contributed by atoms with Crippen molar-refractivity contribution in [2.75, 3.05) is 19.4 Å². The Hall–Kier alpha value is -0.220. The lowest BCUT2D eigenvalue weighted by molar-refractivity contribution is -0.143. The molecule has 1 rings (SSSR count). The van der Waals surface area contributed by atoms with Crippen molar-refractivity contribution in [3.05, 3.63) is 0 Å². The fourth-order valence-electron chi connectivity index (χ4n) is 2.00. The van der Waals surface area contributed by atoms with E-state index >= 15 is 0 Å². The smallest absolute Gasteiger partial charge is 0.306 e. The lowest BCUT2D eigenvalue weighted by Crippen LogP contribution is -2.43. The molecule has 1 aliphatic rings. The number of thioether (sulfide) groups is 1. The van der Waals surface area contributed by atoms with Crippen LogP contribution in [0.2, 0.25) is 0 Å². The summed E-state index contributed by atoms with van der Waals surface area (Å²) in [6.45, 7) is 2.75. The van der Waals surface area contributed by atoms with E-state index in [2.05, 4.69) is 6.92 Å². The molecule has 0 spiro atoms. The third-order valence-electron chi connectivity index (χ3n) is 3.18. The first kappa shape index (κ1) is 11.9. The molecule has 4 heteroatoms. The van der Waals surface area contributed by atoms with Gasteiger partial charge in [0.1, 0.15) is 0 Å². The van der Waals surface area contributed by atoms with Crippen LogP contribution in [0.3, 0.4) is 0 Å². The summed E-state index contributed by atoms with van der Waals surface area (Å²) >= 11 is 1.91. The molecule has 3 nitrogen and oxygen atoms in total. The summed E-state index contributed by atoms with van der Waals surface area (Å²) in [5, 5.41) is 0.459. The molecule has 1 aliphatic heterocycles. The van der Waals surface area contributed by atoms with E-state index < -0.39 is 0 Å². The van der Waals surface area contributed by atoms with Crippen LogP contribution in [0.5, 0.6) is 0 Å². The number of esters is 1. The average Bonchev–Trinajstić information content (AvgIpc) is 2.21. The Bertz CT molecular complexity index is 210. The first-order valence-electron chi connectivity index (χ1n) is 5.03. The topological polar surface area (TPSA) is 52.3 Å². The zero-order chi connectivity index (χ0) is 10.6. The highest BCUT2D eigenvalue weighted by Crippen LogP contribution is 2.42. The number of ether oxygens (including phenoxy) is 1. The summed E-state index contributed by atoms with van der Waals surface area (Å²) in [6.07, 6.45) is 2.67. The molecule has 0 aliphatic carbocycles. The van der Waals surface area contributed by atoms with Crippen LogP contribution in [0.1, 0.15) is 26.2 Å². The molecule has 82 valence electrons. The van der Waals surface area contributed by atoms with Gasteiger partial charge in [0.25, 0.3) is 0 Å². The molecule has 2 unspecified atom stereocenters. The van der Waals surface area contributed by atoms with E-state index in [0.717, 1.165) is 12.8 Å². The predicted octanol–water partition coefficient (Wildman–Crippen LogP) is 1.41. The minimum Gasteiger partial charge on any atom is -0.469 e. The predicted molar refractivity (Wildman–Crippen MR) is 59.3 cm³/mol.